The Morgan fingerprint density at radius 2 is 2.36 bits per heavy atom. The van der Waals surface area contributed by atoms with Gasteiger partial charge in [0, 0.05) is 13.2 Å². The van der Waals surface area contributed by atoms with Crippen LogP contribution in [0.25, 0.3) is 0 Å². The number of amides is 3. The van der Waals surface area contributed by atoms with Crippen molar-refractivity contribution in [3.05, 3.63) is 12.4 Å². The molecule has 1 aromatic heterocycles. The molecule has 7 heteroatoms. The zero-order chi connectivity index (χ0) is 10.6. The van der Waals surface area contributed by atoms with Crippen molar-refractivity contribution in [2.45, 2.75) is 0 Å². The number of aryl methyl sites for hydroxylation is 1. The summed E-state index contributed by atoms with van der Waals surface area (Å²) >= 11 is 5.19. The first kappa shape index (κ1) is 10.5. The standard InChI is InChI=1S/C7H9ClN4O2/c1-12-4-5(3-9-12)10-7(14)11-6(13)2-8/h3-4H,2H2,1H3,(H2,10,11,13,14). The fraction of sp³-hybridized carbons (Fsp3) is 0.286. The normalized spacial score (nSPS) is 9.57. The van der Waals surface area contributed by atoms with E-state index in [-0.39, 0.29) is 5.88 Å². The van der Waals surface area contributed by atoms with Crippen LogP contribution in [-0.4, -0.2) is 27.6 Å². The van der Waals surface area contributed by atoms with Crippen LogP contribution in [0.5, 0.6) is 0 Å². The van der Waals surface area contributed by atoms with E-state index < -0.39 is 11.9 Å². The number of urea groups is 1. The van der Waals surface area contributed by atoms with Gasteiger partial charge in [-0.3, -0.25) is 14.8 Å². The fourth-order valence-corrected chi connectivity index (χ4v) is 0.875. The maximum absolute atomic E-state index is 11.1. The van der Waals surface area contributed by atoms with Gasteiger partial charge in [0.05, 0.1) is 11.9 Å². The van der Waals surface area contributed by atoms with Crippen LogP contribution in [0.2, 0.25) is 0 Å². The van der Waals surface area contributed by atoms with Crippen LogP contribution in [0.1, 0.15) is 0 Å². The smallest absolute Gasteiger partial charge is 0.305 e. The van der Waals surface area contributed by atoms with Gasteiger partial charge in [0.2, 0.25) is 5.91 Å². The van der Waals surface area contributed by atoms with Gasteiger partial charge in [-0.1, -0.05) is 0 Å². The average molecular weight is 217 g/mol. The van der Waals surface area contributed by atoms with Crippen LogP contribution in [0.4, 0.5) is 10.5 Å². The number of carbonyl (C=O) groups excluding carboxylic acids is 2. The summed E-state index contributed by atoms with van der Waals surface area (Å²) in [6.45, 7) is 0. The molecule has 0 spiro atoms. The Hall–Kier alpha value is -1.56. The maximum atomic E-state index is 11.1. The highest BCUT2D eigenvalue weighted by Gasteiger charge is 2.06. The Balaban J connectivity index is 2.45. The van der Waals surface area contributed by atoms with Crippen LogP contribution in [0, 0.1) is 0 Å². The van der Waals surface area contributed by atoms with Crippen LogP contribution in [0.15, 0.2) is 12.4 Å². The van der Waals surface area contributed by atoms with Gasteiger partial charge in [0.25, 0.3) is 0 Å². The van der Waals surface area contributed by atoms with Crippen molar-refractivity contribution in [3.63, 3.8) is 0 Å². The van der Waals surface area contributed by atoms with Crippen LogP contribution < -0.4 is 10.6 Å². The molecule has 0 radical (unpaired) electrons. The molecule has 0 aromatic carbocycles. The molecular formula is C7H9ClN4O2. The molecule has 1 heterocycles. The lowest BCUT2D eigenvalue weighted by atomic mass is 10.5. The topological polar surface area (TPSA) is 76.0 Å². The third-order valence-corrected chi connectivity index (χ3v) is 1.58. The van der Waals surface area contributed by atoms with E-state index in [2.05, 4.69) is 10.4 Å². The molecule has 0 atom stereocenters. The van der Waals surface area contributed by atoms with E-state index in [1.807, 2.05) is 5.32 Å². The zero-order valence-electron chi connectivity index (χ0n) is 7.45. The van der Waals surface area contributed by atoms with Crippen molar-refractivity contribution in [3.8, 4) is 0 Å². The van der Waals surface area contributed by atoms with Crippen LogP contribution in [-0.2, 0) is 11.8 Å². The van der Waals surface area contributed by atoms with Crippen LogP contribution >= 0.6 is 11.6 Å². The SMILES string of the molecule is Cn1cc(NC(=O)NC(=O)CCl)cn1. The number of hydrogen-bond donors (Lipinski definition) is 2. The second-order valence-electron chi connectivity index (χ2n) is 2.54. The molecule has 1 aromatic rings. The Morgan fingerprint density at radius 3 is 2.86 bits per heavy atom. The summed E-state index contributed by atoms with van der Waals surface area (Å²) in [4.78, 5) is 21.7. The summed E-state index contributed by atoms with van der Waals surface area (Å²) in [6, 6.07) is -0.622. The maximum Gasteiger partial charge on any atom is 0.326 e. The average Bonchev–Trinajstić information content (AvgIpc) is 2.50. The zero-order valence-corrected chi connectivity index (χ0v) is 8.21. The first-order chi connectivity index (χ1) is 6.61. The molecule has 1 rings (SSSR count). The van der Waals surface area contributed by atoms with Crippen molar-refractivity contribution >= 4 is 29.2 Å². The van der Waals surface area contributed by atoms with Gasteiger partial charge >= 0.3 is 6.03 Å². The van der Waals surface area contributed by atoms with Crippen molar-refractivity contribution in [2.24, 2.45) is 7.05 Å². The number of anilines is 1. The van der Waals surface area contributed by atoms with Crippen molar-refractivity contribution < 1.29 is 9.59 Å². The Bertz CT molecular complexity index is 349. The fourth-order valence-electron chi connectivity index (χ4n) is 0.808. The monoisotopic (exact) mass is 216 g/mol. The highest BCUT2D eigenvalue weighted by atomic mass is 35.5. The first-order valence-corrected chi connectivity index (χ1v) is 4.30. The summed E-state index contributed by atoms with van der Waals surface area (Å²) in [6.07, 6.45) is 3.06. The molecule has 0 aliphatic rings. The van der Waals surface area contributed by atoms with Crippen molar-refractivity contribution in [1.29, 1.82) is 0 Å². The highest BCUT2D eigenvalue weighted by molar-refractivity contribution is 6.28. The Morgan fingerprint density at radius 1 is 1.64 bits per heavy atom. The molecule has 76 valence electrons. The summed E-state index contributed by atoms with van der Waals surface area (Å²) in [7, 11) is 1.72. The third-order valence-electron chi connectivity index (χ3n) is 1.34. The molecule has 0 aliphatic carbocycles. The summed E-state index contributed by atoms with van der Waals surface area (Å²) in [5.74, 6) is -0.798. The van der Waals surface area contributed by atoms with Crippen molar-refractivity contribution in [2.75, 3.05) is 11.2 Å². The largest absolute Gasteiger partial charge is 0.326 e. The van der Waals surface area contributed by atoms with Gasteiger partial charge in [0.1, 0.15) is 5.88 Å². The van der Waals surface area contributed by atoms with Gasteiger partial charge in [-0.25, -0.2) is 4.79 Å². The molecule has 0 fully saturated rings. The van der Waals surface area contributed by atoms with E-state index in [1.54, 1.807) is 13.2 Å². The van der Waals surface area contributed by atoms with E-state index in [0.717, 1.165) is 0 Å². The van der Waals surface area contributed by atoms with E-state index >= 15 is 0 Å². The molecule has 2 N–H and O–H groups in total. The number of alkyl halides is 1. The number of aromatic nitrogens is 2. The second-order valence-corrected chi connectivity index (χ2v) is 2.81. The van der Waals surface area contributed by atoms with E-state index in [4.69, 9.17) is 11.6 Å². The quantitative estimate of drug-likeness (QED) is 0.699. The minimum absolute atomic E-state index is 0.250. The van der Waals surface area contributed by atoms with Gasteiger partial charge in [-0.15, -0.1) is 11.6 Å². The number of halogens is 1. The van der Waals surface area contributed by atoms with E-state index in [0.29, 0.717) is 5.69 Å². The number of rotatable bonds is 2. The van der Waals surface area contributed by atoms with Crippen LogP contribution in [0.3, 0.4) is 0 Å². The van der Waals surface area contributed by atoms with Gasteiger partial charge in [0.15, 0.2) is 0 Å². The summed E-state index contributed by atoms with van der Waals surface area (Å²) < 4.78 is 1.53. The predicted molar refractivity (Wildman–Crippen MR) is 51.1 cm³/mol. The molecule has 14 heavy (non-hydrogen) atoms. The Labute approximate surface area is 85.2 Å². The number of imide groups is 1. The van der Waals surface area contributed by atoms with E-state index in [9.17, 15) is 9.59 Å². The first-order valence-electron chi connectivity index (χ1n) is 3.77. The molecule has 0 saturated carbocycles. The lowest BCUT2D eigenvalue weighted by molar-refractivity contribution is -0.117. The Kier molecular flexibility index (Phi) is 3.47. The lowest BCUT2D eigenvalue weighted by Gasteiger charge is -2.01. The molecular weight excluding hydrogens is 208 g/mol. The minimum atomic E-state index is -0.622. The van der Waals surface area contributed by atoms with Gasteiger partial charge in [-0.05, 0) is 0 Å². The summed E-state index contributed by atoms with van der Waals surface area (Å²) in [5.41, 5.74) is 0.507. The molecule has 0 bridgehead atoms. The molecule has 6 nitrogen and oxygen atoms in total. The molecule has 0 saturated heterocycles. The lowest BCUT2D eigenvalue weighted by Crippen LogP contribution is -2.34. The second kappa shape index (κ2) is 4.61. The highest BCUT2D eigenvalue weighted by Crippen LogP contribution is 2.02. The van der Waals surface area contributed by atoms with E-state index in [1.165, 1.54) is 10.9 Å². The number of hydrogen-bond acceptors (Lipinski definition) is 3. The molecule has 0 unspecified atom stereocenters. The number of carbonyl (C=O) groups is 2. The van der Waals surface area contributed by atoms with Gasteiger partial charge < -0.3 is 5.32 Å². The third kappa shape index (κ3) is 3.06. The molecule has 3 amide bonds. The minimum Gasteiger partial charge on any atom is -0.305 e. The molecule has 0 aliphatic heterocycles. The van der Waals surface area contributed by atoms with Crippen molar-refractivity contribution in [1.82, 2.24) is 15.1 Å². The van der Waals surface area contributed by atoms with Gasteiger partial charge in [-0.2, -0.15) is 5.10 Å². The number of nitrogens with zero attached hydrogens (tertiary/aromatic N) is 2. The number of nitrogens with one attached hydrogen (secondary N) is 2. The predicted octanol–water partition coefficient (Wildman–Crippen LogP) is 0.307. The summed E-state index contributed by atoms with van der Waals surface area (Å²) in [5, 5.41) is 8.28.